The van der Waals surface area contributed by atoms with Crippen molar-refractivity contribution < 1.29 is 23.6 Å². The number of rotatable bonds is 3. The van der Waals surface area contributed by atoms with E-state index in [4.69, 9.17) is 5.11 Å². The molecule has 0 spiro atoms. The second-order valence-electron chi connectivity index (χ2n) is 3.92. The van der Waals surface area contributed by atoms with Crippen molar-refractivity contribution >= 4 is 11.7 Å². The van der Waals surface area contributed by atoms with E-state index >= 15 is 0 Å². The normalized spacial score (nSPS) is 10.3. The monoisotopic (exact) mass is 279 g/mol. The maximum Gasteiger partial charge on any atom is 0.335 e. The number of carboxylic acids is 1. The Kier molecular flexibility index (Phi) is 3.43. The highest BCUT2D eigenvalue weighted by molar-refractivity contribution is 5.90. The lowest BCUT2D eigenvalue weighted by molar-refractivity contribution is -0.384. The summed E-state index contributed by atoms with van der Waals surface area (Å²) in [6.07, 6.45) is 0. The molecule has 0 aliphatic rings. The summed E-state index contributed by atoms with van der Waals surface area (Å²) in [6.45, 7) is 0. The Morgan fingerprint density at radius 2 is 1.80 bits per heavy atom. The van der Waals surface area contributed by atoms with Crippen molar-refractivity contribution in [2.24, 2.45) is 0 Å². The standard InChI is InChI=1S/C13H7F2NO4/c14-10-4-2-7(5-11(10)15)9-3-1-8(13(17)18)6-12(9)16(19)20/h1-6H,(H,17,18). The van der Waals surface area contributed by atoms with Gasteiger partial charge in [-0.25, -0.2) is 13.6 Å². The molecular weight excluding hydrogens is 272 g/mol. The average Bonchev–Trinajstić information content (AvgIpc) is 2.41. The number of carbonyl (C=O) groups is 1. The van der Waals surface area contributed by atoms with E-state index in [9.17, 15) is 23.7 Å². The lowest BCUT2D eigenvalue weighted by atomic mass is 10.0. The van der Waals surface area contributed by atoms with Gasteiger partial charge in [0, 0.05) is 6.07 Å². The Labute approximate surface area is 111 Å². The molecule has 0 fully saturated rings. The third-order valence-electron chi connectivity index (χ3n) is 2.67. The van der Waals surface area contributed by atoms with Gasteiger partial charge in [-0.2, -0.15) is 0 Å². The number of aromatic carboxylic acids is 1. The van der Waals surface area contributed by atoms with Crippen LogP contribution in [0, 0.1) is 21.7 Å². The van der Waals surface area contributed by atoms with Crippen molar-refractivity contribution in [3.63, 3.8) is 0 Å². The molecule has 0 aliphatic carbocycles. The quantitative estimate of drug-likeness (QED) is 0.690. The van der Waals surface area contributed by atoms with Gasteiger partial charge in [0.05, 0.1) is 16.1 Å². The van der Waals surface area contributed by atoms with E-state index in [1.165, 1.54) is 12.1 Å². The van der Waals surface area contributed by atoms with Gasteiger partial charge in [-0.3, -0.25) is 10.1 Å². The van der Waals surface area contributed by atoms with Crippen LogP contribution in [-0.2, 0) is 0 Å². The fourth-order valence-electron chi connectivity index (χ4n) is 1.72. The number of benzene rings is 2. The predicted octanol–water partition coefficient (Wildman–Crippen LogP) is 3.24. The molecule has 20 heavy (non-hydrogen) atoms. The first kappa shape index (κ1) is 13.6. The topological polar surface area (TPSA) is 80.4 Å². The second kappa shape index (κ2) is 5.04. The van der Waals surface area contributed by atoms with E-state index in [0.717, 1.165) is 24.3 Å². The molecule has 2 aromatic carbocycles. The fourth-order valence-corrected chi connectivity index (χ4v) is 1.72. The summed E-state index contributed by atoms with van der Waals surface area (Å²) in [6, 6.07) is 6.07. The minimum atomic E-state index is -1.31. The highest BCUT2D eigenvalue weighted by atomic mass is 19.2. The van der Waals surface area contributed by atoms with Crippen molar-refractivity contribution in [2.45, 2.75) is 0 Å². The SMILES string of the molecule is O=C(O)c1ccc(-c2ccc(F)c(F)c2)c([N+](=O)[O-])c1. The summed E-state index contributed by atoms with van der Waals surface area (Å²) >= 11 is 0. The molecule has 0 atom stereocenters. The van der Waals surface area contributed by atoms with E-state index in [1.54, 1.807) is 0 Å². The zero-order chi connectivity index (χ0) is 14.9. The molecule has 0 saturated carbocycles. The van der Waals surface area contributed by atoms with Crippen LogP contribution in [0.15, 0.2) is 36.4 Å². The van der Waals surface area contributed by atoms with Gasteiger partial charge < -0.3 is 5.11 Å². The molecule has 0 unspecified atom stereocenters. The first-order chi connectivity index (χ1) is 9.40. The summed E-state index contributed by atoms with van der Waals surface area (Å²) in [4.78, 5) is 21.0. The third-order valence-corrected chi connectivity index (χ3v) is 2.67. The summed E-state index contributed by atoms with van der Waals surface area (Å²) in [5.74, 6) is -3.53. The number of nitro groups is 1. The molecule has 5 nitrogen and oxygen atoms in total. The Balaban J connectivity index is 2.63. The maximum atomic E-state index is 13.2. The summed E-state index contributed by atoms with van der Waals surface area (Å²) in [7, 11) is 0. The molecule has 0 bridgehead atoms. The number of carboxylic acid groups (broad SMARTS) is 1. The molecule has 0 radical (unpaired) electrons. The Bertz CT molecular complexity index is 716. The Morgan fingerprint density at radius 1 is 1.10 bits per heavy atom. The first-order valence-electron chi connectivity index (χ1n) is 5.37. The summed E-state index contributed by atoms with van der Waals surface area (Å²) < 4.78 is 26.0. The van der Waals surface area contributed by atoms with Gasteiger partial charge in [-0.1, -0.05) is 6.07 Å². The van der Waals surface area contributed by atoms with Gasteiger partial charge in [0.2, 0.25) is 0 Å². The molecule has 0 aliphatic heterocycles. The van der Waals surface area contributed by atoms with Crippen LogP contribution in [-0.4, -0.2) is 16.0 Å². The van der Waals surface area contributed by atoms with Gasteiger partial charge in [-0.15, -0.1) is 0 Å². The predicted molar refractivity (Wildman–Crippen MR) is 65.4 cm³/mol. The molecule has 2 rings (SSSR count). The largest absolute Gasteiger partial charge is 0.478 e. The van der Waals surface area contributed by atoms with Gasteiger partial charge >= 0.3 is 5.97 Å². The molecule has 0 aromatic heterocycles. The smallest absolute Gasteiger partial charge is 0.335 e. The first-order valence-corrected chi connectivity index (χ1v) is 5.37. The minimum absolute atomic E-state index is 0.0129. The van der Waals surface area contributed by atoms with Crippen LogP contribution in [0.2, 0.25) is 0 Å². The van der Waals surface area contributed by atoms with E-state index in [-0.39, 0.29) is 16.7 Å². The molecule has 0 heterocycles. The molecule has 0 amide bonds. The summed E-state index contributed by atoms with van der Waals surface area (Å²) in [5, 5.41) is 19.8. The zero-order valence-electron chi connectivity index (χ0n) is 9.84. The van der Waals surface area contributed by atoms with E-state index in [1.807, 2.05) is 0 Å². The number of hydrogen-bond acceptors (Lipinski definition) is 3. The van der Waals surface area contributed by atoms with Crippen LogP contribution in [0.3, 0.4) is 0 Å². The third kappa shape index (κ3) is 2.46. The van der Waals surface area contributed by atoms with Crippen LogP contribution in [0.4, 0.5) is 14.5 Å². The molecule has 1 N–H and O–H groups in total. The van der Waals surface area contributed by atoms with Crippen LogP contribution >= 0.6 is 0 Å². The van der Waals surface area contributed by atoms with Gasteiger partial charge in [0.15, 0.2) is 11.6 Å². The second-order valence-corrected chi connectivity index (χ2v) is 3.92. The zero-order valence-corrected chi connectivity index (χ0v) is 9.84. The average molecular weight is 279 g/mol. The van der Waals surface area contributed by atoms with Gasteiger partial charge in [0.25, 0.3) is 5.69 Å². The van der Waals surface area contributed by atoms with Crippen molar-refractivity contribution in [3.05, 3.63) is 63.7 Å². The van der Waals surface area contributed by atoms with Gasteiger partial charge in [-0.05, 0) is 29.8 Å². The van der Waals surface area contributed by atoms with E-state index in [0.29, 0.717) is 0 Å². The number of hydrogen-bond donors (Lipinski definition) is 1. The molecule has 0 saturated heterocycles. The van der Waals surface area contributed by atoms with Crippen molar-refractivity contribution in [1.29, 1.82) is 0 Å². The van der Waals surface area contributed by atoms with Crippen LogP contribution in [0.5, 0.6) is 0 Å². The van der Waals surface area contributed by atoms with Crippen LogP contribution in [0.1, 0.15) is 10.4 Å². The fraction of sp³-hybridized carbons (Fsp3) is 0. The lowest BCUT2D eigenvalue weighted by Crippen LogP contribution is -2.00. The highest BCUT2D eigenvalue weighted by Crippen LogP contribution is 2.31. The number of halogens is 2. The van der Waals surface area contributed by atoms with Crippen molar-refractivity contribution in [3.8, 4) is 11.1 Å². The molecule has 2 aromatic rings. The van der Waals surface area contributed by atoms with Crippen LogP contribution in [0.25, 0.3) is 11.1 Å². The van der Waals surface area contributed by atoms with Gasteiger partial charge in [0.1, 0.15) is 0 Å². The van der Waals surface area contributed by atoms with Crippen LogP contribution < -0.4 is 0 Å². The lowest BCUT2D eigenvalue weighted by Gasteiger charge is -2.05. The maximum absolute atomic E-state index is 13.2. The van der Waals surface area contributed by atoms with E-state index < -0.39 is 28.2 Å². The molecular formula is C13H7F2NO4. The van der Waals surface area contributed by atoms with Crippen molar-refractivity contribution in [1.82, 2.24) is 0 Å². The molecule has 7 heteroatoms. The molecule has 102 valence electrons. The van der Waals surface area contributed by atoms with E-state index in [2.05, 4.69) is 0 Å². The summed E-state index contributed by atoms with van der Waals surface area (Å²) in [5.41, 5.74) is -0.648. The Morgan fingerprint density at radius 3 is 2.35 bits per heavy atom. The highest BCUT2D eigenvalue weighted by Gasteiger charge is 2.19. The van der Waals surface area contributed by atoms with Crippen molar-refractivity contribution in [2.75, 3.05) is 0 Å². The minimum Gasteiger partial charge on any atom is -0.478 e. The number of nitro benzene ring substituents is 1. The Hall–Kier alpha value is -2.83. The number of nitrogens with zero attached hydrogens (tertiary/aromatic N) is 1.